The van der Waals surface area contributed by atoms with Crippen LogP contribution in [-0.4, -0.2) is 42.8 Å². The Labute approximate surface area is 115 Å². The van der Waals surface area contributed by atoms with Crippen LogP contribution >= 0.6 is 0 Å². The van der Waals surface area contributed by atoms with Gasteiger partial charge in [0.05, 0.1) is 12.6 Å². The molecule has 0 aliphatic heterocycles. The monoisotopic (exact) mass is 268 g/mol. The van der Waals surface area contributed by atoms with E-state index in [1.165, 1.54) is 6.07 Å². The molecule has 0 saturated carbocycles. The standard InChI is InChI=1S/C15H25FN2O/c1-4-18(5-2)9-8-17-15(11-19)13-7-6-12(3)14(16)10-13/h6-7,10,15,17,19H,4-5,8-9,11H2,1-3H3. The second-order valence-corrected chi connectivity index (χ2v) is 4.72. The van der Waals surface area contributed by atoms with Crippen LogP contribution in [0.5, 0.6) is 0 Å². The van der Waals surface area contributed by atoms with E-state index in [0.717, 1.165) is 31.7 Å². The number of rotatable bonds is 8. The molecule has 0 bridgehead atoms. The highest BCUT2D eigenvalue weighted by Gasteiger charge is 2.11. The minimum atomic E-state index is -0.221. The molecule has 108 valence electrons. The fourth-order valence-electron chi connectivity index (χ4n) is 2.05. The molecule has 0 amide bonds. The SMILES string of the molecule is CCN(CC)CCNC(CO)c1ccc(C)c(F)c1. The first-order valence-electron chi connectivity index (χ1n) is 6.95. The van der Waals surface area contributed by atoms with E-state index in [9.17, 15) is 9.50 Å². The number of aliphatic hydroxyl groups is 1. The lowest BCUT2D eigenvalue weighted by molar-refractivity contribution is 0.233. The van der Waals surface area contributed by atoms with Crippen LogP contribution in [0.1, 0.15) is 31.0 Å². The third-order valence-corrected chi connectivity index (χ3v) is 3.49. The van der Waals surface area contributed by atoms with E-state index in [1.807, 2.05) is 6.07 Å². The lowest BCUT2D eigenvalue weighted by Gasteiger charge is -2.21. The van der Waals surface area contributed by atoms with E-state index >= 15 is 0 Å². The smallest absolute Gasteiger partial charge is 0.126 e. The van der Waals surface area contributed by atoms with Gasteiger partial charge in [0.2, 0.25) is 0 Å². The lowest BCUT2D eigenvalue weighted by atomic mass is 10.1. The molecule has 0 saturated heterocycles. The highest BCUT2D eigenvalue weighted by molar-refractivity contribution is 5.25. The van der Waals surface area contributed by atoms with Crippen molar-refractivity contribution >= 4 is 0 Å². The van der Waals surface area contributed by atoms with Crippen LogP contribution < -0.4 is 5.32 Å². The number of aryl methyl sites for hydroxylation is 1. The van der Waals surface area contributed by atoms with Crippen molar-refractivity contribution < 1.29 is 9.50 Å². The third-order valence-electron chi connectivity index (χ3n) is 3.49. The Morgan fingerprint density at radius 3 is 2.53 bits per heavy atom. The second-order valence-electron chi connectivity index (χ2n) is 4.72. The van der Waals surface area contributed by atoms with Gasteiger partial charge in [-0.05, 0) is 37.2 Å². The first-order chi connectivity index (χ1) is 9.12. The van der Waals surface area contributed by atoms with Gasteiger partial charge < -0.3 is 15.3 Å². The number of hydrogen-bond acceptors (Lipinski definition) is 3. The number of likely N-dealkylation sites (N-methyl/N-ethyl adjacent to an activating group) is 1. The Hall–Kier alpha value is -0.970. The fraction of sp³-hybridized carbons (Fsp3) is 0.600. The van der Waals surface area contributed by atoms with Gasteiger partial charge >= 0.3 is 0 Å². The number of hydrogen-bond donors (Lipinski definition) is 2. The molecule has 2 N–H and O–H groups in total. The summed E-state index contributed by atoms with van der Waals surface area (Å²) in [5.74, 6) is -0.221. The van der Waals surface area contributed by atoms with Gasteiger partial charge in [0, 0.05) is 13.1 Å². The Balaban J connectivity index is 2.55. The Bertz CT molecular complexity index is 380. The van der Waals surface area contributed by atoms with Crippen molar-refractivity contribution in [3.8, 4) is 0 Å². The first kappa shape index (κ1) is 16.1. The van der Waals surface area contributed by atoms with Gasteiger partial charge in [-0.2, -0.15) is 0 Å². The summed E-state index contributed by atoms with van der Waals surface area (Å²) >= 11 is 0. The summed E-state index contributed by atoms with van der Waals surface area (Å²) in [6.45, 7) is 9.70. The highest BCUT2D eigenvalue weighted by atomic mass is 19.1. The summed E-state index contributed by atoms with van der Waals surface area (Å²) in [7, 11) is 0. The molecule has 1 aromatic carbocycles. The summed E-state index contributed by atoms with van der Waals surface area (Å²) in [5, 5.41) is 12.7. The summed E-state index contributed by atoms with van der Waals surface area (Å²) < 4.78 is 13.5. The van der Waals surface area contributed by atoms with Crippen molar-refractivity contribution in [1.82, 2.24) is 10.2 Å². The van der Waals surface area contributed by atoms with Gasteiger partial charge in [-0.3, -0.25) is 0 Å². The number of halogens is 1. The third kappa shape index (κ3) is 4.90. The molecule has 0 heterocycles. The van der Waals surface area contributed by atoms with E-state index in [1.54, 1.807) is 13.0 Å². The van der Waals surface area contributed by atoms with Crippen molar-refractivity contribution in [2.75, 3.05) is 32.8 Å². The molecule has 0 aromatic heterocycles. The van der Waals surface area contributed by atoms with Crippen molar-refractivity contribution in [3.63, 3.8) is 0 Å². The average Bonchev–Trinajstić information content (AvgIpc) is 2.42. The summed E-state index contributed by atoms with van der Waals surface area (Å²) in [6.07, 6.45) is 0. The number of nitrogens with one attached hydrogen (secondary N) is 1. The molecule has 0 radical (unpaired) electrons. The molecule has 1 unspecified atom stereocenters. The van der Waals surface area contributed by atoms with Crippen molar-refractivity contribution in [2.24, 2.45) is 0 Å². The van der Waals surface area contributed by atoms with E-state index in [0.29, 0.717) is 5.56 Å². The highest BCUT2D eigenvalue weighted by Crippen LogP contribution is 2.16. The molecule has 0 fully saturated rings. The molecule has 4 heteroatoms. The molecule has 1 atom stereocenters. The van der Waals surface area contributed by atoms with E-state index in [2.05, 4.69) is 24.1 Å². The summed E-state index contributed by atoms with van der Waals surface area (Å²) in [6, 6.07) is 4.91. The first-order valence-corrected chi connectivity index (χ1v) is 6.95. The van der Waals surface area contributed by atoms with E-state index in [4.69, 9.17) is 0 Å². The van der Waals surface area contributed by atoms with Crippen LogP contribution in [0, 0.1) is 12.7 Å². The molecule has 0 spiro atoms. The predicted molar refractivity (Wildman–Crippen MR) is 76.8 cm³/mol. The maximum absolute atomic E-state index is 13.5. The molecule has 0 aliphatic rings. The van der Waals surface area contributed by atoms with Crippen LogP contribution in [0.3, 0.4) is 0 Å². The second kappa shape index (κ2) is 8.25. The maximum Gasteiger partial charge on any atom is 0.126 e. The van der Waals surface area contributed by atoms with Crippen LogP contribution in [-0.2, 0) is 0 Å². The Kier molecular flexibility index (Phi) is 6.99. The fourth-order valence-corrected chi connectivity index (χ4v) is 2.05. The predicted octanol–water partition coefficient (Wildman–Crippen LogP) is 2.10. The minimum absolute atomic E-state index is 0.0270. The van der Waals surface area contributed by atoms with E-state index < -0.39 is 0 Å². The molecule has 3 nitrogen and oxygen atoms in total. The van der Waals surface area contributed by atoms with Gasteiger partial charge in [-0.15, -0.1) is 0 Å². The molecule has 1 aromatic rings. The van der Waals surface area contributed by atoms with Crippen molar-refractivity contribution in [1.29, 1.82) is 0 Å². The summed E-state index contributed by atoms with van der Waals surface area (Å²) in [4.78, 5) is 2.30. The molecular weight excluding hydrogens is 243 g/mol. The number of aliphatic hydroxyl groups excluding tert-OH is 1. The van der Waals surface area contributed by atoms with Crippen LogP contribution in [0.4, 0.5) is 4.39 Å². The average molecular weight is 268 g/mol. The maximum atomic E-state index is 13.5. The van der Waals surface area contributed by atoms with Crippen molar-refractivity contribution in [2.45, 2.75) is 26.8 Å². The normalized spacial score (nSPS) is 12.9. The van der Waals surface area contributed by atoms with Crippen molar-refractivity contribution in [3.05, 3.63) is 35.1 Å². The van der Waals surface area contributed by atoms with Gasteiger partial charge in [-0.1, -0.05) is 26.0 Å². The quantitative estimate of drug-likeness (QED) is 0.758. The molecular formula is C15H25FN2O. The van der Waals surface area contributed by atoms with Crippen LogP contribution in [0.2, 0.25) is 0 Å². The Morgan fingerprint density at radius 1 is 1.32 bits per heavy atom. The van der Waals surface area contributed by atoms with E-state index in [-0.39, 0.29) is 18.5 Å². The molecule has 1 rings (SSSR count). The summed E-state index contributed by atoms with van der Waals surface area (Å²) in [5.41, 5.74) is 1.42. The Morgan fingerprint density at radius 2 is 2.00 bits per heavy atom. The van der Waals surface area contributed by atoms with Gasteiger partial charge in [-0.25, -0.2) is 4.39 Å². The largest absolute Gasteiger partial charge is 0.394 e. The van der Waals surface area contributed by atoms with Gasteiger partial charge in [0.15, 0.2) is 0 Å². The van der Waals surface area contributed by atoms with Gasteiger partial charge in [0.25, 0.3) is 0 Å². The zero-order valence-corrected chi connectivity index (χ0v) is 12.1. The topological polar surface area (TPSA) is 35.5 Å². The lowest BCUT2D eigenvalue weighted by Crippen LogP contribution is -2.34. The van der Waals surface area contributed by atoms with Crippen LogP contribution in [0.25, 0.3) is 0 Å². The van der Waals surface area contributed by atoms with Gasteiger partial charge in [0.1, 0.15) is 5.82 Å². The zero-order chi connectivity index (χ0) is 14.3. The van der Waals surface area contributed by atoms with Crippen LogP contribution in [0.15, 0.2) is 18.2 Å². The molecule has 19 heavy (non-hydrogen) atoms. The molecule has 0 aliphatic carbocycles. The number of benzene rings is 1. The number of nitrogens with zero attached hydrogens (tertiary/aromatic N) is 1. The minimum Gasteiger partial charge on any atom is -0.394 e. The zero-order valence-electron chi connectivity index (χ0n) is 12.1.